The Morgan fingerprint density at radius 2 is 2.00 bits per heavy atom. The molecule has 1 saturated heterocycles. The quantitative estimate of drug-likeness (QED) is 0.675. The monoisotopic (exact) mass is 352 g/mol. The van der Waals surface area contributed by atoms with Gasteiger partial charge in [0.05, 0.1) is 13.2 Å². The zero-order chi connectivity index (χ0) is 17.7. The highest BCUT2D eigenvalue weighted by atomic mass is 16.5. The molecular weight excluding hydrogens is 332 g/mol. The van der Waals surface area contributed by atoms with Crippen LogP contribution in [-0.2, 0) is 0 Å². The Kier molecular flexibility index (Phi) is 3.41. The number of anilines is 2. The van der Waals surface area contributed by atoms with Gasteiger partial charge in [0.25, 0.3) is 0 Å². The van der Waals surface area contributed by atoms with Crippen molar-refractivity contribution in [1.82, 2.24) is 29.8 Å². The normalized spacial score (nSPS) is 17.4. The van der Waals surface area contributed by atoms with Crippen molar-refractivity contribution in [3.63, 3.8) is 0 Å². The molecule has 3 aromatic heterocycles. The highest BCUT2D eigenvalue weighted by Crippen LogP contribution is 2.38. The number of hydrogen-bond donors (Lipinski definition) is 0. The summed E-state index contributed by atoms with van der Waals surface area (Å²) in [6.45, 7) is 1.74. The van der Waals surface area contributed by atoms with Crippen LogP contribution in [0.5, 0.6) is 5.88 Å². The molecule has 9 nitrogen and oxygen atoms in total. The zero-order valence-corrected chi connectivity index (χ0v) is 14.8. The maximum atomic E-state index is 5.18. The fourth-order valence-electron chi connectivity index (χ4n) is 3.23. The molecule has 2 aliphatic rings. The Bertz CT molecular complexity index is 947. The van der Waals surface area contributed by atoms with Crippen molar-refractivity contribution in [2.75, 3.05) is 37.0 Å². The van der Waals surface area contributed by atoms with Crippen molar-refractivity contribution in [1.29, 1.82) is 0 Å². The van der Waals surface area contributed by atoms with Crippen molar-refractivity contribution < 1.29 is 4.74 Å². The van der Waals surface area contributed by atoms with Gasteiger partial charge in [-0.1, -0.05) is 0 Å². The predicted octanol–water partition coefficient (Wildman–Crippen LogP) is 1.13. The summed E-state index contributed by atoms with van der Waals surface area (Å²) in [4.78, 5) is 13.1. The number of ether oxygens (including phenoxy) is 1. The molecule has 0 atom stereocenters. The van der Waals surface area contributed by atoms with E-state index in [1.807, 2.05) is 23.7 Å². The Balaban J connectivity index is 1.31. The fourth-order valence-corrected chi connectivity index (χ4v) is 3.23. The molecule has 0 spiro atoms. The number of nitrogens with zero attached hydrogens (tertiary/aromatic N) is 8. The maximum Gasteiger partial charge on any atom is 0.228 e. The molecule has 0 aromatic carbocycles. The lowest BCUT2D eigenvalue weighted by Crippen LogP contribution is -2.59. The van der Waals surface area contributed by atoms with Gasteiger partial charge in [-0.2, -0.15) is 9.50 Å². The number of hydrogen-bond acceptors (Lipinski definition) is 8. The van der Waals surface area contributed by atoms with Crippen LogP contribution < -0.4 is 14.5 Å². The summed E-state index contributed by atoms with van der Waals surface area (Å²) in [7, 11) is 3.62. The molecule has 0 N–H and O–H groups in total. The van der Waals surface area contributed by atoms with Crippen LogP contribution in [-0.4, -0.2) is 63.1 Å². The van der Waals surface area contributed by atoms with E-state index >= 15 is 0 Å². The minimum Gasteiger partial charge on any atom is -0.481 e. The molecule has 4 heterocycles. The van der Waals surface area contributed by atoms with Crippen molar-refractivity contribution in [2.45, 2.75) is 24.8 Å². The van der Waals surface area contributed by atoms with Crippen LogP contribution in [0.3, 0.4) is 0 Å². The van der Waals surface area contributed by atoms with E-state index in [0.717, 1.165) is 30.4 Å². The van der Waals surface area contributed by atoms with E-state index in [9.17, 15) is 0 Å². The summed E-state index contributed by atoms with van der Waals surface area (Å²) >= 11 is 0. The molecule has 1 aliphatic carbocycles. The largest absolute Gasteiger partial charge is 0.481 e. The molecule has 0 radical (unpaired) electrons. The number of fused-ring (bicyclic) bond motifs is 1. The predicted molar refractivity (Wildman–Crippen MR) is 95.7 cm³/mol. The van der Waals surface area contributed by atoms with E-state index in [1.54, 1.807) is 19.4 Å². The van der Waals surface area contributed by atoms with Gasteiger partial charge in [0.15, 0.2) is 11.5 Å². The summed E-state index contributed by atoms with van der Waals surface area (Å²) in [5.41, 5.74) is 0.814. The van der Waals surface area contributed by atoms with E-state index in [0.29, 0.717) is 23.8 Å². The van der Waals surface area contributed by atoms with Crippen molar-refractivity contribution in [3.8, 4) is 5.88 Å². The summed E-state index contributed by atoms with van der Waals surface area (Å²) in [6.07, 6.45) is 4.09. The third kappa shape index (κ3) is 2.51. The van der Waals surface area contributed by atoms with Gasteiger partial charge in [0, 0.05) is 38.3 Å². The second-order valence-corrected chi connectivity index (χ2v) is 6.86. The van der Waals surface area contributed by atoms with E-state index < -0.39 is 0 Å². The molecule has 9 heteroatoms. The second kappa shape index (κ2) is 5.79. The lowest BCUT2D eigenvalue weighted by molar-refractivity contribution is 0.395. The summed E-state index contributed by atoms with van der Waals surface area (Å²) in [6, 6.07) is 6.09. The summed E-state index contributed by atoms with van der Waals surface area (Å²) in [5, 5.41) is 13.3. The zero-order valence-electron chi connectivity index (χ0n) is 14.8. The second-order valence-electron chi connectivity index (χ2n) is 6.86. The highest BCUT2D eigenvalue weighted by molar-refractivity contribution is 5.50. The molecule has 1 aliphatic heterocycles. The molecular formula is C17H20N8O. The molecule has 0 unspecified atom stereocenters. The van der Waals surface area contributed by atoms with Crippen molar-refractivity contribution in [2.24, 2.45) is 0 Å². The minimum absolute atomic E-state index is 0.336. The molecule has 0 amide bonds. The summed E-state index contributed by atoms with van der Waals surface area (Å²) in [5.74, 6) is 3.71. The van der Waals surface area contributed by atoms with Gasteiger partial charge in [-0.25, -0.2) is 4.98 Å². The Hall–Kier alpha value is -2.97. The number of rotatable bonds is 5. The average molecular weight is 352 g/mol. The molecule has 3 aromatic rings. The van der Waals surface area contributed by atoms with E-state index in [2.05, 4.69) is 30.0 Å². The third-order valence-electron chi connectivity index (χ3n) is 5.09. The first kappa shape index (κ1) is 15.3. The van der Waals surface area contributed by atoms with Gasteiger partial charge in [-0.05, 0) is 25.0 Å². The Morgan fingerprint density at radius 1 is 1.15 bits per heavy atom. The van der Waals surface area contributed by atoms with Crippen LogP contribution in [0.1, 0.15) is 24.6 Å². The Morgan fingerprint density at radius 3 is 2.77 bits per heavy atom. The van der Waals surface area contributed by atoms with E-state index in [-0.39, 0.29) is 0 Å². The van der Waals surface area contributed by atoms with Crippen molar-refractivity contribution >= 4 is 17.4 Å². The number of methoxy groups -OCH3 is 1. The van der Waals surface area contributed by atoms with Crippen molar-refractivity contribution in [3.05, 3.63) is 30.2 Å². The number of likely N-dealkylation sites (N-methyl/N-ethyl adjacent to an activating group) is 1. The standard InChI is InChI=1S/C17H20N8O/c1-23(17-18-8-7-15(19-17)26-2)12-9-24(10-12)14-6-5-13-20-21-16(11-3-4-11)25(13)22-14/h5-8,11-12H,3-4,9-10H2,1-2H3. The molecule has 1 saturated carbocycles. The SMILES string of the molecule is COc1ccnc(N(C)C2CN(c3ccc4nnc(C5CC5)n4n3)C2)n1. The van der Waals surface area contributed by atoms with Crippen LogP contribution in [0.15, 0.2) is 24.4 Å². The van der Waals surface area contributed by atoms with Gasteiger partial charge in [0.1, 0.15) is 5.82 Å². The van der Waals surface area contributed by atoms with Crippen LogP contribution in [0.2, 0.25) is 0 Å². The van der Waals surface area contributed by atoms with Crippen LogP contribution >= 0.6 is 0 Å². The van der Waals surface area contributed by atoms with E-state index in [1.165, 1.54) is 12.8 Å². The first-order valence-corrected chi connectivity index (χ1v) is 8.80. The molecule has 5 rings (SSSR count). The van der Waals surface area contributed by atoms with Gasteiger partial charge >= 0.3 is 0 Å². The van der Waals surface area contributed by atoms with E-state index in [4.69, 9.17) is 9.84 Å². The lowest BCUT2D eigenvalue weighted by Gasteiger charge is -2.44. The maximum absolute atomic E-state index is 5.18. The van der Waals surface area contributed by atoms with Crippen LogP contribution in [0.25, 0.3) is 5.65 Å². The highest BCUT2D eigenvalue weighted by Gasteiger charge is 2.33. The smallest absolute Gasteiger partial charge is 0.228 e. The van der Waals surface area contributed by atoms with Gasteiger partial charge in [0.2, 0.25) is 11.8 Å². The Labute approximate surface area is 150 Å². The molecule has 0 bridgehead atoms. The molecule has 26 heavy (non-hydrogen) atoms. The lowest BCUT2D eigenvalue weighted by atomic mass is 10.1. The average Bonchev–Trinajstić information content (AvgIpc) is 3.40. The third-order valence-corrected chi connectivity index (χ3v) is 5.09. The molecule has 134 valence electrons. The van der Waals surface area contributed by atoms with Gasteiger partial charge in [-0.15, -0.1) is 15.3 Å². The van der Waals surface area contributed by atoms with Gasteiger partial charge in [-0.3, -0.25) is 0 Å². The van der Waals surface area contributed by atoms with Crippen LogP contribution in [0, 0.1) is 0 Å². The fraction of sp³-hybridized carbons (Fsp3) is 0.471. The topological polar surface area (TPSA) is 84.6 Å². The summed E-state index contributed by atoms with van der Waals surface area (Å²) < 4.78 is 7.08. The van der Waals surface area contributed by atoms with Crippen LogP contribution in [0.4, 0.5) is 11.8 Å². The first-order valence-electron chi connectivity index (χ1n) is 8.80. The minimum atomic E-state index is 0.336. The number of aromatic nitrogens is 6. The molecule has 2 fully saturated rings. The van der Waals surface area contributed by atoms with Gasteiger partial charge < -0.3 is 14.5 Å². The first-order chi connectivity index (χ1) is 12.7.